The van der Waals surface area contributed by atoms with Crippen LogP contribution in [0.3, 0.4) is 0 Å². The molecule has 2 aromatic carbocycles. The van der Waals surface area contributed by atoms with Crippen LogP contribution >= 0.6 is 23.1 Å². The van der Waals surface area contributed by atoms with Crippen molar-refractivity contribution in [3.8, 4) is 0 Å². The Balaban J connectivity index is 1.59. The summed E-state index contributed by atoms with van der Waals surface area (Å²) in [5, 5.41) is 10.7. The van der Waals surface area contributed by atoms with Gasteiger partial charge in [0.05, 0.1) is 5.25 Å². The van der Waals surface area contributed by atoms with Crippen LogP contribution in [-0.4, -0.2) is 27.9 Å². The van der Waals surface area contributed by atoms with Crippen LogP contribution in [-0.2, 0) is 4.79 Å². The Morgan fingerprint density at radius 2 is 1.69 bits per heavy atom. The Hall–Kier alpha value is -2.18. The Morgan fingerprint density at radius 3 is 2.23 bits per heavy atom. The highest BCUT2D eigenvalue weighted by Gasteiger charge is 2.18. The summed E-state index contributed by atoms with van der Waals surface area (Å²) in [4.78, 5) is 12.3. The number of carbonyl (C=O) groups is 1. The number of benzene rings is 2. The van der Waals surface area contributed by atoms with Crippen molar-refractivity contribution >= 4 is 29.0 Å². The summed E-state index contributed by atoms with van der Waals surface area (Å²) in [6, 6.07) is 20.9. The van der Waals surface area contributed by atoms with Gasteiger partial charge in [-0.25, -0.2) is 0 Å². The first-order valence-electron chi connectivity index (χ1n) is 8.54. The maximum absolute atomic E-state index is 12.3. The lowest BCUT2D eigenvalue weighted by molar-refractivity contribution is -0.120. The summed E-state index contributed by atoms with van der Waals surface area (Å²) >= 11 is 2.90. The second-order valence-corrected chi connectivity index (χ2v) is 8.34. The van der Waals surface area contributed by atoms with Gasteiger partial charge in [0, 0.05) is 12.5 Å². The standard InChI is InChI=1S/C20H21N3OS2/c1-15(26-20-23-22-14-25-20)19(24)21-13-12-18(16-8-4-2-5-9-16)17-10-6-3-7-11-17/h2-11,14-15,18H,12-13H2,1H3,(H,21,24)/t15-/m1/s1. The molecule has 0 bridgehead atoms. The molecule has 134 valence electrons. The molecule has 0 saturated carbocycles. The molecule has 0 aliphatic heterocycles. The van der Waals surface area contributed by atoms with Gasteiger partial charge in [0.2, 0.25) is 5.91 Å². The van der Waals surface area contributed by atoms with E-state index in [0.717, 1.165) is 10.8 Å². The molecular formula is C20H21N3OS2. The summed E-state index contributed by atoms with van der Waals surface area (Å²) in [5.74, 6) is 0.300. The topological polar surface area (TPSA) is 54.9 Å². The van der Waals surface area contributed by atoms with Gasteiger partial charge in [0.1, 0.15) is 5.51 Å². The van der Waals surface area contributed by atoms with Crippen molar-refractivity contribution in [2.45, 2.75) is 28.9 Å². The largest absolute Gasteiger partial charge is 0.355 e. The van der Waals surface area contributed by atoms with Gasteiger partial charge in [-0.05, 0) is 24.5 Å². The highest BCUT2D eigenvalue weighted by molar-refractivity contribution is 8.02. The minimum Gasteiger partial charge on any atom is -0.355 e. The molecule has 0 fully saturated rings. The van der Waals surface area contributed by atoms with E-state index >= 15 is 0 Å². The molecule has 1 atom stereocenters. The van der Waals surface area contributed by atoms with E-state index in [-0.39, 0.29) is 17.1 Å². The number of nitrogens with zero attached hydrogens (tertiary/aromatic N) is 2. The lowest BCUT2D eigenvalue weighted by atomic mass is 9.88. The Morgan fingerprint density at radius 1 is 1.08 bits per heavy atom. The number of hydrogen-bond donors (Lipinski definition) is 1. The van der Waals surface area contributed by atoms with Gasteiger partial charge < -0.3 is 5.32 Å². The first-order chi connectivity index (χ1) is 12.7. The van der Waals surface area contributed by atoms with E-state index in [1.165, 1.54) is 34.2 Å². The number of amides is 1. The molecule has 26 heavy (non-hydrogen) atoms. The van der Waals surface area contributed by atoms with Crippen LogP contribution in [0.5, 0.6) is 0 Å². The van der Waals surface area contributed by atoms with Gasteiger partial charge in [0.15, 0.2) is 4.34 Å². The van der Waals surface area contributed by atoms with Crippen molar-refractivity contribution in [2.75, 3.05) is 6.54 Å². The van der Waals surface area contributed by atoms with E-state index in [2.05, 4.69) is 64.0 Å². The summed E-state index contributed by atoms with van der Waals surface area (Å²) in [7, 11) is 0. The average molecular weight is 384 g/mol. The van der Waals surface area contributed by atoms with E-state index in [0.29, 0.717) is 6.54 Å². The number of nitrogens with one attached hydrogen (secondary N) is 1. The zero-order valence-electron chi connectivity index (χ0n) is 14.5. The molecule has 1 amide bonds. The van der Waals surface area contributed by atoms with E-state index in [9.17, 15) is 4.79 Å². The third-order valence-corrected chi connectivity index (χ3v) is 6.03. The first-order valence-corrected chi connectivity index (χ1v) is 10.3. The van der Waals surface area contributed by atoms with E-state index in [4.69, 9.17) is 0 Å². The summed E-state index contributed by atoms with van der Waals surface area (Å²) in [6.07, 6.45) is 0.857. The normalized spacial score (nSPS) is 12.1. The molecule has 0 saturated heterocycles. The second-order valence-electron chi connectivity index (χ2n) is 5.92. The molecular weight excluding hydrogens is 362 g/mol. The fourth-order valence-corrected chi connectivity index (χ4v) is 4.45. The third kappa shape index (κ3) is 5.16. The van der Waals surface area contributed by atoms with Gasteiger partial charge in [-0.15, -0.1) is 10.2 Å². The van der Waals surface area contributed by atoms with Crippen LogP contribution in [0.4, 0.5) is 0 Å². The number of hydrogen-bond acceptors (Lipinski definition) is 5. The van der Waals surface area contributed by atoms with Crippen molar-refractivity contribution < 1.29 is 4.79 Å². The predicted molar refractivity (Wildman–Crippen MR) is 108 cm³/mol. The molecule has 0 radical (unpaired) electrons. The van der Waals surface area contributed by atoms with E-state index < -0.39 is 0 Å². The summed E-state index contributed by atoms with van der Waals surface area (Å²) in [5.41, 5.74) is 4.21. The number of rotatable bonds is 8. The van der Waals surface area contributed by atoms with Gasteiger partial charge in [-0.2, -0.15) is 0 Å². The van der Waals surface area contributed by atoms with Crippen LogP contribution in [0, 0.1) is 0 Å². The molecule has 0 spiro atoms. The van der Waals surface area contributed by atoms with Gasteiger partial charge >= 0.3 is 0 Å². The minimum absolute atomic E-state index is 0.0325. The minimum atomic E-state index is -0.185. The summed E-state index contributed by atoms with van der Waals surface area (Å²) < 4.78 is 0.819. The second kappa shape index (κ2) is 9.50. The van der Waals surface area contributed by atoms with Gasteiger partial charge in [-0.3, -0.25) is 4.79 Å². The fourth-order valence-electron chi connectivity index (χ4n) is 2.80. The molecule has 0 aliphatic carbocycles. The molecule has 3 aromatic rings. The van der Waals surface area contributed by atoms with Crippen LogP contribution in [0.25, 0.3) is 0 Å². The molecule has 0 unspecified atom stereocenters. The Bertz CT molecular complexity index is 755. The van der Waals surface area contributed by atoms with Crippen molar-refractivity contribution in [3.63, 3.8) is 0 Å². The molecule has 1 N–H and O–H groups in total. The third-order valence-electron chi connectivity index (χ3n) is 4.12. The van der Waals surface area contributed by atoms with Crippen molar-refractivity contribution in [3.05, 3.63) is 77.3 Å². The molecule has 1 heterocycles. The molecule has 6 heteroatoms. The van der Waals surface area contributed by atoms with E-state index in [1.54, 1.807) is 5.51 Å². The maximum atomic E-state index is 12.3. The van der Waals surface area contributed by atoms with Crippen molar-refractivity contribution in [2.24, 2.45) is 0 Å². The zero-order chi connectivity index (χ0) is 18.2. The van der Waals surface area contributed by atoms with Crippen LogP contribution in [0.2, 0.25) is 0 Å². The molecule has 0 aliphatic rings. The van der Waals surface area contributed by atoms with Crippen LogP contribution in [0.1, 0.15) is 30.4 Å². The quantitative estimate of drug-likeness (QED) is 0.587. The molecule has 3 rings (SSSR count). The fraction of sp³-hybridized carbons (Fsp3) is 0.250. The van der Waals surface area contributed by atoms with E-state index in [1.807, 2.05) is 19.1 Å². The molecule has 4 nitrogen and oxygen atoms in total. The van der Waals surface area contributed by atoms with Crippen LogP contribution in [0.15, 0.2) is 70.5 Å². The Labute approximate surface area is 162 Å². The number of thioether (sulfide) groups is 1. The first kappa shape index (κ1) is 18.6. The van der Waals surface area contributed by atoms with Crippen molar-refractivity contribution in [1.29, 1.82) is 0 Å². The average Bonchev–Trinajstić information content (AvgIpc) is 3.19. The molecule has 1 aromatic heterocycles. The monoisotopic (exact) mass is 383 g/mol. The van der Waals surface area contributed by atoms with Crippen LogP contribution < -0.4 is 5.32 Å². The number of aromatic nitrogens is 2. The highest BCUT2D eigenvalue weighted by atomic mass is 32.2. The number of carbonyl (C=O) groups excluding carboxylic acids is 1. The lowest BCUT2D eigenvalue weighted by Gasteiger charge is -2.19. The zero-order valence-corrected chi connectivity index (χ0v) is 16.2. The smallest absolute Gasteiger partial charge is 0.233 e. The summed E-state index contributed by atoms with van der Waals surface area (Å²) in [6.45, 7) is 2.53. The van der Waals surface area contributed by atoms with Crippen molar-refractivity contribution in [1.82, 2.24) is 15.5 Å². The van der Waals surface area contributed by atoms with Gasteiger partial charge in [0.25, 0.3) is 0 Å². The predicted octanol–water partition coefficient (Wildman–Crippen LogP) is 4.36. The highest BCUT2D eigenvalue weighted by Crippen LogP contribution is 2.28. The Kier molecular flexibility index (Phi) is 6.80. The van der Waals surface area contributed by atoms with Gasteiger partial charge in [-0.1, -0.05) is 83.8 Å². The maximum Gasteiger partial charge on any atom is 0.233 e. The SMILES string of the molecule is C[C@@H](Sc1nncs1)C(=O)NCCC(c1ccccc1)c1ccccc1. The lowest BCUT2D eigenvalue weighted by Crippen LogP contribution is -2.32.